The number of thioether (sulfide) groups is 2. The molecule has 1 aromatic rings. The van der Waals surface area contributed by atoms with Crippen LogP contribution < -0.4 is 20.9 Å². The summed E-state index contributed by atoms with van der Waals surface area (Å²) in [6.07, 6.45) is 0. The van der Waals surface area contributed by atoms with Crippen LogP contribution in [0.4, 0.5) is 0 Å². The van der Waals surface area contributed by atoms with Gasteiger partial charge in [-0.15, -0.1) is 23.5 Å². The van der Waals surface area contributed by atoms with Crippen LogP contribution >= 0.6 is 23.5 Å². The molecule has 2 fully saturated rings. The van der Waals surface area contributed by atoms with Gasteiger partial charge in [-0.05, 0) is 24.7 Å². The maximum Gasteiger partial charge on any atom is 0.160 e. The molecule has 2 aliphatic rings. The van der Waals surface area contributed by atoms with Gasteiger partial charge in [0.15, 0.2) is 11.5 Å². The number of hydrazine groups is 1. The van der Waals surface area contributed by atoms with Gasteiger partial charge in [0.2, 0.25) is 0 Å². The molecule has 0 spiro atoms. The molecule has 4 N–H and O–H groups in total. The summed E-state index contributed by atoms with van der Waals surface area (Å²) in [6.45, 7) is 0.875. The first-order chi connectivity index (χ1) is 10.7. The second-order valence-corrected chi connectivity index (χ2v) is 7.68. The second-order valence-electron chi connectivity index (χ2n) is 5.43. The molecule has 0 aliphatic carbocycles. The van der Waals surface area contributed by atoms with Gasteiger partial charge in [0.1, 0.15) is 5.50 Å². The van der Waals surface area contributed by atoms with Crippen LogP contribution in [0, 0.1) is 0 Å². The molecule has 0 amide bonds. The van der Waals surface area contributed by atoms with Crippen molar-refractivity contribution in [3.05, 3.63) is 23.8 Å². The Kier molecular flexibility index (Phi) is 5.37. The Bertz CT molecular complexity index is 520. The number of benzene rings is 1. The lowest BCUT2D eigenvalue weighted by Crippen LogP contribution is -2.35. The van der Waals surface area contributed by atoms with Crippen molar-refractivity contribution in [2.45, 2.75) is 16.9 Å². The van der Waals surface area contributed by atoms with Crippen molar-refractivity contribution in [1.29, 1.82) is 0 Å². The third-order valence-corrected chi connectivity index (χ3v) is 6.49. The minimum atomic E-state index is 0.184. The zero-order valence-electron chi connectivity index (χ0n) is 12.7. The number of phenolic OH excluding ortho intramolecular Hbond substituents is 1. The minimum Gasteiger partial charge on any atom is -0.504 e. The molecule has 3 atom stereocenters. The molecule has 1 aromatic carbocycles. The predicted molar refractivity (Wildman–Crippen MR) is 91.9 cm³/mol. The van der Waals surface area contributed by atoms with E-state index < -0.39 is 0 Å². The van der Waals surface area contributed by atoms with Crippen LogP contribution in [-0.4, -0.2) is 53.9 Å². The maximum absolute atomic E-state index is 9.69. The molecule has 0 aromatic heterocycles. The van der Waals surface area contributed by atoms with Crippen LogP contribution in [0.3, 0.4) is 0 Å². The summed E-state index contributed by atoms with van der Waals surface area (Å²) in [5, 5.41) is 13.6. The number of rotatable bonds is 5. The summed E-state index contributed by atoms with van der Waals surface area (Å²) >= 11 is 3.81. The molecule has 2 aliphatic heterocycles. The molecule has 2 saturated heterocycles. The Morgan fingerprint density at radius 2 is 2.36 bits per heavy atom. The number of aromatic hydroxyl groups is 1. The van der Waals surface area contributed by atoms with Crippen LogP contribution in [0.1, 0.15) is 10.9 Å². The Morgan fingerprint density at radius 3 is 3.09 bits per heavy atom. The molecule has 0 saturated carbocycles. The first-order valence-electron chi connectivity index (χ1n) is 7.22. The Hall–Kier alpha value is -0.640. The van der Waals surface area contributed by atoms with Gasteiger partial charge in [-0.3, -0.25) is 10.2 Å². The molecular formula is C14H22N4O2S2. The molecule has 3 unspecified atom stereocenters. The fourth-order valence-corrected chi connectivity index (χ4v) is 5.04. The highest BCUT2D eigenvalue weighted by atomic mass is 32.2. The Labute approximate surface area is 139 Å². The number of nitrogens with one attached hydrogen (secondary N) is 3. The number of hydrogen-bond acceptors (Lipinski definition) is 8. The van der Waals surface area contributed by atoms with E-state index in [1.54, 1.807) is 13.2 Å². The molecule has 8 heteroatoms. The summed E-state index contributed by atoms with van der Waals surface area (Å²) in [4.78, 5) is 2.25. The topological polar surface area (TPSA) is 68.8 Å². The zero-order chi connectivity index (χ0) is 15.5. The average molecular weight is 342 g/mol. The number of methoxy groups -OCH3 is 1. The Balaban J connectivity index is 1.53. The van der Waals surface area contributed by atoms with Gasteiger partial charge >= 0.3 is 0 Å². The molecular weight excluding hydrogens is 320 g/mol. The lowest BCUT2D eigenvalue weighted by molar-refractivity contribution is 0.372. The van der Waals surface area contributed by atoms with Crippen LogP contribution in [0.5, 0.6) is 11.5 Å². The van der Waals surface area contributed by atoms with Gasteiger partial charge in [-0.25, -0.2) is 10.9 Å². The maximum atomic E-state index is 9.69. The van der Waals surface area contributed by atoms with Gasteiger partial charge in [0, 0.05) is 17.5 Å². The fourth-order valence-electron chi connectivity index (χ4n) is 2.50. The fraction of sp³-hybridized carbons (Fsp3) is 0.571. The van der Waals surface area contributed by atoms with E-state index in [0.717, 1.165) is 23.7 Å². The summed E-state index contributed by atoms with van der Waals surface area (Å²) in [5.41, 5.74) is 7.87. The zero-order valence-corrected chi connectivity index (χ0v) is 14.3. The summed E-state index contributed by atoms with van der Waals surface area (Å²) < 4.78 is 5.19. The van der Waals surface area contributed by atoms with Crippen LogP contribution in [0.15, 0.2) is 18.2 Å². The number of phenols is 1. The normalized spacial score (nSPS) is 29.1. The molecule has 6 nitrogen and oxygen atoms in total. The van der Waals surface area contributed by atoms with E-state index in [4.69, 9.17) is 4.74 Å². The first kappa shape index (κ1) is 16.2. The van der Waals surface area contributed by atoms with Crippen molar-refractivity contribution in [3.8, 4) is 11.5 Å². The third-order valence-electron chi connectivity index (χ3n) is 3.77. The van der Waals surface area contributed by atoms with Crippen molar-refractivity contribution in [2.24, 2.45) is 0 Å². The summed E-state index contributed by atoms with van der Waals surface area (Å²) in [7, 11) is 3.68. The smallest absolute Gasteiger partial charge is 0.160 e. The molecule has 0 radical (unpaired) electrons. The van der Waals surface area contributed by atoms with E-state index >= 15 is 0 Å². The van der Waals surface area contributed by atoms with E-state index in [1.807, 2.05) is 35.7 Å². The van der Waals surface area contributed by atoms with E-state index in [-0.39, 0.29) is 11.1 Å². The monoisotopic (exact) mass is 342 g/mol. The second kappa shape index (κ2) is 7.29. The van der Waals surface area contributed by atoms with Crippen LogP contribution in [-0.2, 0) is 0 Å². The largest absolute Gasteiger partial charge is 0.504 e. The quantitative estimate of drug-likeness (QED) is 0.635. The highest BCUT2D eigenvalue weighted by Gasteiger charge is 2.28. The lowest BCUT2D eigenvalue weighted by Gasteiger charge is -2.19. The van der Waals surface area contributed by atoms with Crippen molar-refractivity contribution >= 4 is 23.5 Å². The molecule has 3 rings (SSSR count). The third kappa shape index (κ3) is 3.64. The number of ether oxygens (including phenoxy) is 1. The van der Waals surface area contributed by atoms with Crippen molar-refractivity contribution in [1.82, 2.24) is 21.1 Å². The summed E-state index contributed by atoms with van der Waals surface area (Å²) in [6, 6.07) is 6.04. The van der Waals surface area contributed by atoms with E-state index in [0.29, 0.717) is 17.3 Å². The molecule has 122 valence electrons. The first-order valence-corrected chi connectivity index (χ1v) is 9.32. The van der Waals surface area contributed by atoms with E-state index in [1.165, 1.54) is 0 Å². The standard InChI is InChI=1S/C14H22N4O2S2/c1-18-8-15-17-14(18)22-7-10-6-21-13(16-10)9-3-4-11(19)12(5-9)20-2/h3-5,10,13-17,19H,6-8H2,1-2H3. The van der Waals surface area contributed by atoms with Crippen LogP contribution in [0.2, 0.25) is 0 Å². The predicted octanol–water partition coefficient (Wildman–Crippen LogP) is 1.12. The van der Waals surface area contributed by atoms with Gasteiger partial charge < -0.3 is 9.84 Å². The van der Waals surface area contributed by atoms with Crippen molar-refractivity contribution in [2.75, 3.05) is 32.3 Å². The minimum absolute atomic E-state index is 0.184. The van der Waals surface area contributed by atoms with Gasteiger partial charge in [-0.1, -0.05) is 6.07 Å². The average Bonchev–Trinajstić information content (AvgIpc) is 3.15. The van der Waals surface area contributed by atoms with Gasteiger partial charge in [0.25, 0.3) is 0 Å². The highest BCUT2D eigenvalue weighted by Crippen LogP contribution is 2.37. The van der Waals surface area contributed by atoms with Crippen molar-refractivity contribution < 1.29 is 9.84 Å². The summed E-state index contributed by atoms with van der Waals surface area (Å²) in [5.74, 6) is 2.86. The van der Waals surface area contributed by atoms with Crippen molar-refractivity contribution in [3.63, 3.8) is 0 Å². The number of nitrogens with zero attached hydrogens (tertiary/aromatic N) is 1. The molecule has 2 heterocycles. The van der Waals surface area contributed by atoms with Gasteiger partial charge in [-0.2, -0.15) is 0 Å². The Morgan fingerprint density at radius 1 is 1.50 bits per heavy atom. The van der Waals surface area contributed by atoms with E-state index in [9.17, 15) is 5.11 Å². The molecule has 22 heavy (non-hydrogen) atoms. The van der Waals surface area contributed by atoms with Gasteiger partial charge in [0.05, 0.1) is 19.2 Å². The molecule has 0 bridgehead atoms. The lowest BCUT2D eigenvalue weighted by atomic mass is 10.2. The van der Waals surface area contributed by atoms with E-state index in [2.05, 4.69) is 28.1 Å². The number of hydrogen-bond donors (Lipinski definition) is 4. The SMILES string of the molecule is COc1cc(C2NC(CSC3NNCN3C)CS2)ccc1O. The van der Waals surface area contributed by atoms with Crippen LogP contribution in [0.25, 0.3) is 0 Å². The highest BCUT2D eigenvalue weighted by molar-refractivity contribution is 8.00.